The third-order valence-corrected chi connectivity index (χ3v) is 4.23. The summed E-state index contributed by atoms with van der Waals surface area (Å²) in [5, 5.41) is 1.14. The molecule has 0 spiro atoms. The Balaban J connectivity index is 2.28. The Labute approximate surface area is 101 Å². The molecule has 1 atom stereocenters. The van der Waals surface area contributed by atoms with Crippen molar-refractivity contribution in [3.8, 4) is 0 Å². The number of rotatable bonds is 3. The Kier molecular flexibility index (Phi) is 3.00. The molecule has 2 N–H and O–H groups in total. The molecular formula is C13H18N2S. The highest BCUT2D eigenvalue weighted by atomic mass is 32.1. The van der Waals surface area contributed by atoms with Crippen molar-refractivity contribution in [1.82, 2.24) is 4.98 Å². The maximum Gasteiger partial charge on any atom is 0.0956 e. The van der Waals surface area contributed by atoms with Gasteiger partial charge in [-0.15, -0.1) is 11.3 Å². The number of nitrogens with zero attached hydrogens (tertiary/aromatic N) is 1. The molecule has 0 saturated heterocycles. The van der Waals surface area contributed by atoms with Crippen LogP contribution in [0, 0.1) is 5.92 Å². The Morgan fingerprint density at radius 2 is 2.06 bits per heavy atom. The highest BCUT2D eigenvalue weighted by Gasteiger charge is 2.24. The van der Waals surface area contributed by atoms with E-state index in [1.165, 1.54) is 4.70 Å². The molecular weight excluding hydrogens is 216 g/mol. The van der Waals surface area contributed by atoms with Crippen molar-refractivity contribution in [2.24, 2.45) is 11.7 Å². The van der Waals surface area contributed by atoms with Crippen LogP contribution in [0.25, 0.3) is 10.2 Å². The van der Waals surface area contributed by atoms with Crippen LogP contribution in [-0.2, 0) is 6.42 Å². The summed E-state index contributed by atoms with van der Waals surface area (Å²) in [6.45, 7) is 6.42. The van der Waals surface area contributed by atoms with Crippen LogP contribution in [-0.4, -0.2) is 10.5 Å². The zero-order valence-corrected chi connectivity index (χ0v) is 10.8. The quantitative estimate of drug-likeness (QED) is 0.885. The second-order valence-corrected chi connectivity index (χ2v) is 6.03. The Morgan fingerprint density at radius 1 is 1.38 bits per heavy atom. The standard InChI is InChI=1S/C13H18N2S/c1-9(2)13(3,14)8-12-15-10-6-4-5-7-11(10)16-12/h4-7,9H,8,14H2,1-3H3. The lowest BCUT2D eigenvalue weighted by molar-refractivity contribution is 0.337. The molecule has 1 unspecified atom stereocenters. The van der Waals surface area contributed by atoms with Crippen LogP contribution in [0.15, 0.2) is 24.3 Å². The third kappa shape index (κ3) is 2.25. The average molecular weight is 234 g/mol. The lowest BCUT2D eigenvalue weighted by Crippen LogP contribution is -2.43. The average Bonchev–Trinajstić information content (AvgIpc) is 2.58. The SMILES string of the molecule is CC(C)C(C)(N)Cc1nc2ccccc2s1. The van der Waals surface area contributed by atoms with E-state index in [0.29, 0.717) is 5.92 Å². The minimum atomic E-state index is -0.173. The molecule has 1 heterocycles. The lowest BCUT2D eigenvalue weighted by atomic mass is 9.87. The van der Waals surface area contributed by atoms with Crippen molar-refractivity contribution < 1.29 is 0 Å². The van der Waals surface area contributed by atoms with E-state index in [1.807, 2.05) is 12.1 Å². The molecule has 2 nitrogen and oxygen atoms in total. The fourth-order valence-electron chi connectivity index (χ4n) is 1.53. The second kappa shape index (κ2) is 4.15. The highest BCUT2D eigenvalue weighted by molar-refractivity contribution is 7.18. The molecule has 16 heavy (non-hydrogen) atoms. The molecule has 1 aromatic heterocycles. The molecule has 3 heteroatoms. The van der Waals surface area contributed by atoms with Gasteiger partial charge < -0.3 is 5.73 Å². The molecule has 0 saturated carbocycles. The Morgan fingerprint density at radius 3 is 2.69 bits per heavy atom. The first-order valence-corrected chi connectivity index (χ1v) is 6.44. The highest BCUT2D eigenvalue weighted by Crippen LogP contribution is 2.26. The van der Waals surface area contributed by atoms with Gasteiger partial charge in [0.15, 0.2) is 0 Å². The summed E-state index contributed by atoms with van der Waals surface area (Å²) >= 11 is 1.75. The molecule has 0 aliphatic carbocycles. The van der Waals surface area contributed by atoms with Gasteiger partial charge in [-0.1, -0.05) is 26.0 Å². The molecule has 0 aliphatic rings. The van der Waals surface area contributed by atoms with E-state index < -0.39 is 0 Å². The molecule has 0 radical (unpaired) electrons. The van der Waals surface area contributed by atoms with Gasteiger partial charge in [-0.2, -0.15) is 0 Å². The first-order valence-electron chi connectivity index (χ1n) is 5.62. The molecule has 0 aliphatic heterocycles. The summed E-state index contributed by atoms with van der Waals surface area (Å²) in [6.07, 6.45) is 0.851. The van der Waals surface area contributed by atoms with Gasteiger partial charge in [0.05, 0.1) is 15.2 Å². The molecule has 1 aromatic carbocycles. The number of thiazole rings is 1. The van der Waals surface area contributed by atoms with Crippen LogP contribution in [0.4, 0.5) is 0 Å². The molecule has 0 amide bonds. The fourth-order valence-corrected chi connectivity index (χ4v) is 2.67. The van der Waals surface area contributed by atoms with Gasteiger partial charge in [-0.05, 0) is 25.0 Å². The summed E-state index contributed by atoms with van der Waals surface area (Å²) in [5.41, 5.74) is 7.19. The molecule has 2 rings (SSSR count). The minimum absolute atomic E-state index is 0.173. The third-order valence-electron chi connectivity index (χ3n) is 3.19. The van der Waals surface area contributed by atoms with E-state index in [-0.39, 0.29) is 5.54 Å². The maximum atomic E-state index is 6.28. The molecule has 2 aromatic rings. The molecule has 86 valence electrons. The van der Waals surface area contributed by atoms with Gasteiger partial charge in [0.1, 0.15) is 0 Å². The Hall–Kier alpha value is -0.930. The van der Waals surface area contributed by atoms with Crippen molar-refractivity contribution in [3.05, 3.63) is 29.3 Å². The maximum absolute atomic E-state index is 6.28. The van der Waals surface area contributed by atoms with Gasteiger partial charge in [0, 0.05) is 12.0 Å². The summed E-state index contributed by atoms with van der Waals surface area (Å²) in [6, 6.07) is 8.24. The molecule has 0 bridgehead atoms. The number of para-hydroxylation sites is 1. The van der Waals surface area contributed by atoms with Gasteiger partial charge in [-0.3, -0.25) is 0 Å². The summed E-state index contributed by atoms with van der Waals surface area (Å²) in [4.78, 5) is 4.62. The summed E-state index contributed by atoms with van der Waals surface area (Å²) in [7, 11) is 0. The monoisotopic (exact) mass is 234 g/mol. The fraction of sp³-hybridized carbons (Fsp3) is 0.462. The number of fused-ring (bicyclic) bond motifs is 1. The topological polar surface area (TPSA) is 38.9 Å². The van der Waals surface area contributed by atoms with Crippen molar-refractivity contribution in [3.63, 3.8) is 0 Å². The predicted molar refractivity (Wildman–Crippen MR) is 70.8 cm³/mol. The van der Waals surface area contributed by atoms with Crippen LogP contribution in [0.3, 0.4) is 0 Å². The lowest BCUT2D eigenvalue weighted by Gasteiger charge is -2.27. The van der Waals surface area contributed by atoms with Crippen LogP contribution in [0.5, 0.6) is 0 Å². The predicted octanol–water partition coefficient (Wildman–Crippen LogP) is 3.21. The summed E-state index contributed by atoms with van der Waals surface area (Å²) < 4.78 is 1.25. The van der Waals surface area contributed by atoms with Gasteiger partial charge in [0.25, 0.3) is 0 Å². The number of hydrogen-bond donors (Lipinski definition) is 1. The van der Waals surface area contributed by atoms with Crippen molar-refractivity contribution in [1.29, 1.82) is 0 Å². The van der Waals surface area contributed by atoms with Gasteiger partial charge in [-0.25, -0.2) is 4.98 Å². The Bertz CT molecular complexity index is 452. The number of hydrogen-bond acceptors (Lipinski definition) is 3. The zero-order chi connectivity index (χ0) is 11.8. The van der Waals surface area contributed by atoms with Crippen molar-refractivity contribution in [2.75, 3.05) is 0 Å². The van der Waals surface area contributed by atoms with Crippen LogP contribution < -0.4 is 5.73 Å². The van der Waals surface area contributed by atoms with Crippen molar-refractivity contribution in [2.45, 2.75) is 32.7 Å². The van der Waals surface area contributed by atoms with E-state index in [1.54, 1.807) is 11.3 Å². The summed E-state index contributed by atoms with van der Waals surface area (Å²) in [5.74, 6) is 0.458. The number of aromatic nitrogens is 1. The van der Waals surface area contributed by atoms with Gasteiger partial charge in [0.2, 0.25) is 0 Å². The second-order valence-electron chi connectivity index (χ2n) is 4.91. The van der Waals surface area contributed by atoms with E-state index in [4.69, 9.17) is 5.73 Å². The number of benzene rings is 1. The molecule has 0 fully saturated rings. The van der Waals surface area contributed by atoms with E-state index in [0.717, 1.165) is 16.9 Å². The minimum Gasteiger partial charge on any atom is -0.325 e. The zero-order valence-electron chi connectivity index (χ0n) is 10.0. The van der Waals surface area contributed by atoms with Gasteiger partial charge >= 0.3 is 0 Å². The van der Waals surface area contributed by atoms with Crippen LogP contribution >= 0.6 is 11.3 Å². The van der Waals surface area contributed by atoms with Crippen LogP contribution in [0.2, 0.25) is 0 Å². The van der Waals surface area contributed by atoms with E-state index >= 15 is 0 Å². The number of nitrogens with two attached hydrogens (primary N) is 1. The first kappa shape index (κ1) is 11.6. The van der Waals surface area contributed by atoms with E-state index in [9.17, 15) is 0 Å². The van der Waals surface area contributed by atoms with Crippen LogP contribution in [0.1, 0.15) is 25.8 Å². The van der Waals surface area contributed by atoms with Crippen molar-refractivity contribution >= 4 is 21.6 Å². The normalized spacial score (nSPS) is 15.6. The first-order chi connectivity index (χ1) is 7.49. The van der Waals surface area contributed by atoms with E-state index in [2.05, 4.69) is 37.9 Å². The smallest absolute Gasteiger partial charge is 0.0956 e. The largest absolute Gasteiger partial charge is 0.325 e.